The molecule has 2 rings (SSSR count). The SMILES string of the molecule is Cc1c(CN)cc(Cl)cc1S(=O)(=O)N(C)CC1CC1. The minimum atomic E-state index is -3.49. The smallest absolute Gasteiger partial charge is 0.243 e. The van der Waals surface area contributed by atoms with Gasteiger partial charge in [-0.15, -0.1) is 0 Å². The summed E-state index contributed by atoms with van der Waals surface area (Å²) in [6.45, 7) is 2.63. The molecular weight excluding hydrogens is 284 g/mol. The Hall–Kier alpha value is -0.620. The van der Waals surface area contributed by atoms with E-state index in [0.29, 0.717) is 23.0 Å². The number of sulfonamides is 1. The zero-order valence-electron chi connectivity index (χ0n) is 11.2. The molecule has 6 heteroatoms. The second kappa shape index (κ2) is 5.40. The standard InChI is InChI=1S/C13H19ClN2O2S/c1-9-11(7-15)5-12(14)6-13(9)19(17,18)16(2)8-10-3-4-10/h5-6,10H,3-4,7-8,15H2,1-2H3. The van der Waals surface area contributed by atoms with Crippen LogP contribution in [0.3, 0.4) is 0 Å². The van der Waals surface area contributed by atoms with Gasteiger partial charge >= 0.3 is 0 Å². The fraction of sp³-hybridized carbons (Fsp3) is 0.538. The van der Waals surface area contributed by atoms with Crippen molar-refractivity contribution in [2.75, 3.05) is 13.6 Å². The van der Waals surface area contributed by atoms with Gasteiger partial charge in [0, 0.05) is 25.2 Å². The molecule has 1 aliphatic rings. The Kier molecular flexibility index (Phi) is 4.20. The summed E-state index contributed by atoms with van der Waals surface area (Å²) < 4.78 is 26.5. The van der Waals surface area contributed by atoms with Crippen molar-refractivity contribution >= 4 is 21.6 Å². The molecule has 1 aliphatic carbocycles. The van der Waals surface area contributed by atoms with Crippen LogP contribution in [-0.4, -0.2) is 26.3 Å². The molecule has 0 amide bonds. The first-order valence-corrected chi connectivity index (χ1v) is 8.13. The molecule has 1 saturated carbocycles. The van der Waals surface area contributed by atoms with E-state index in [0.717, 1.165) is 18.4 Å². The normalized spacial score (nSPS) is 16.1. The van der Waals surface area contributed by atoms with Crippen LogP contribution in [0.2, 0.25) is 5.02 Å². The molecule has 0 radical (unpaired) electrons. The van der Waals surface area contributed by atoms with Gasteiger partial charge in [-0.2, -0.15) is 0 Å². The largest absolute Gasteiger partial charge is 0.326 e. The lowest BCUT2D eigenvalue weighted by Gasteiger charge is -2.19. The Bertz CT molecular complexity index is 583. The predicted molar refractivity (Wildman–Crippen MR) is 76.6 cm³/mol. The Labute approximate surface area is 119 Å². The van der Waals surface area contributed by atoms with Crippen molar-refractivity contribution in [1.82, 2.24) is 4.31 Å². The van der Waals surface area contributed by atoms with Gasteiger partial charge < -0.3 is 5.73 Å². The number of halogens is 1. The zero-order chi connectivity index (χ0) is 14.2. The second-order valence-corrected chi connectivity index (χ2v) is 7.57. The van der Waals surface area contributed by atoms with Gasteiger partial charge in [-0.1, -0.05) is 11.6 Å². The molecule has 0 spiro atoms. The average molecular weight is 303 g/mol. The van der Waals surface area contributed by atoms with Crippen LogP contribution in [0.4, 0.5) is 0 Å². The summed E-state index contributed by atoms with van der Waals surface area (Å²) in [5, 5.41) is 0.407. The Morgan fingerprint density at radius 2 is 2.05 bits per heavy atom. The van der Waals surface area contributed by atoms with E-state index >= 15 is 0 Å². The van der Waals surface area contributed by atoms with Crippen molar-refractivity contribution in [3.63, 3.8) is 0 Å². The first-order valence-electron chi connectivity index (χ1n) is 6.31. The van der Waals surface area contributed by atoms with Gasteiger partial charge in [0.25, 0.3) is 0 Å². The van der Waals surface area contributed by atoms with Crippen molar-refractivity contribution in [2.45, 2.75) is 31.2 Å². The lowest BCUT2D eigenvalue weighted by molar-refractivity contribution is 0.452. The third kappa shape index (κ3) is 3.11. The molecule has 2 N–H and O–H groups in total. The van der Waals surface area contributed by atoms with E-state index < -0.39 is 10.0 Å². The van der Waals surface area contributed by atoms with E-state index in [9.17, 15) is 8.42 Å². The summed E-state index contributed by atoms with van der Waals surface area (Å²) in [4.78, 5) is 0.267. The summed E-state index contributed by atoms with van der Waals surface area (Å²) in [6, 6.07) is 3.23. The van der Waals surface area contributed by atoms with Crippen LogP contribution in [0.25, 0.3) is 0 Å². The van der Waals surface area contributed by atoms with Crippen LogP contribution in [0, 0.1) is 12.8 Å². The van der Waals surface area contributed by atoms with Crippen molar-refractivity contribution in [1.29, 1.82) is 0 Å². The van der Waals surface area contributed by atoms with Gasteiger partial charge in [0.1, 0.15) is 0 Å². The van der Waals surface area contributed by atoms with Crippen LogP contribution < -0.4 is 5.73 Å². The molecule has 1 fully saturated rings. The summed E-state index contributed by atoms with van der Waals surface area (Å²) in [7, 11) is -1.87. The Morgan fingerprint density at radius 1 is 1.42 bits per heavy atom. The van der Waals surface area contributed by atoms with E-state index in [4.69, 9.17) is 17.3 Å². The molecule has 0 atom stereocenters. The highest BCUT2D eigenvalue weighted by Gasteiger charge is 2.30. The lowest BCUT2D eigenvalue weighted by atomic mass is 10.1. The maximum Gasteiger partial charge on any atom is 0.243 e. The quantitative estimate of drug-likeness (QED) is 0.906. The molecule has 0 bridgehead atoms. The van der Waals surface area contributed by atoms with Crippen LogP contribution >= 0.6 is 11.6 Å². The average Bonchev–Trinajstić information content (AvgIpc) is 3.15. The van der Waals surface area contributed by atoms with Gasteiger partial charge in [-0.05, 0) is 48.9 Å². The topological polar surface area (TPSA) is 63.4 Å². The molecule has 0 heterocycles. The van der Waals surface area contributed by atoms with E-state index in [1.54, 1.807) is 20.0 Å². The minimum Gasteiger partial charge on any atom is -0.326 e. The van der Waals surface area contributed by atoms with Gasteiger partial charge in [0.15, 0.2) is 0 Å². The molecule has 106 valence electrons. The van der Waals surface area contributed by atoms with Crippen molar-refractivity contribution in [3.8, 4) is 0 Å². The molecule has 1 aromatic rings. The molecule has 0 aromatic heterocycles. The highest BCUT2D eigenvalue weighted by Crippen LogP contribution is 2.32. The number of hydrogen-bond donors (Lipinski definition) is 1. The van der Waals surface area contributed by atoms with Gasteiger partial charge in [-0.3, -0.25) is 0 Å². The number of hydrogen-bond acceptors (Lipinski definition) is 3. The van der Waals surface area contributed by atoms with E-state index in [1.807, 2.05) is 0 Å². The fourth-order valence-electron chi connectivity index (χ4n) is 2.12. The first kappa shape index (κ1) is 14.8. The lowest BCUT2D eigenvalue weighted by Crippen LogP contribution is -2.29. The second-order valence-electron chi connectivity index (χ2n) is 5.12. The van der Waals surface area contributed by atoms with Crippen LogP contribution in [0.1, 0.15) is 24.0 Å². The number of benzene rings is 1. The molecule has 4 nitrogen and oxygen atoms in total. The molecular formula is C13H19ClN2O2S. The molecule has 0 saturated heterocycles. The summed E-state index contributed by atoms with van der Waals surface area (Å²) in [5.74, 6) is 0.508. The monoisotopic (exact) mass is 302 g/mol. The van der Waals surface area contributed by atoms with E-state index in [-0.39, 0.29) is 11.4 Å². The maximum absolute atomic E-state index is 12.6. The number of rotatable bonds is 5. The van der Waals surface area contributed by atoms with Gasteiger partial charge in [0.05, 0.1) is 4.90 Å². The van der Waals surface area contributed by atoms with Crippen molar-refractivity contribution in [2.24, 2.45) is 11.7 Å². The van der Waals surface area contributed by atoms with E-state index in [1.165, 1.54) is 10.4 Å². The molecule has 0 aliphatic heterocycles. The minimum absolute atomic E-state index is 0.267. The fourth-order valence-corrected chi connectivity index (χ4v) is 3.96. The van der Waals surface area contributed by atoms with Crippen LogP contribution in [0.15, 0.2) is 17.0 Å². The van der Waals surface area contributed by atoms with Gasteiger partial charge in [-0.25, -0.2) is 12.7 Å². The van der Waals surface area contributed by atoms with Crippen LogP contribution in [-0.2, 0) is 16.6 Å². The van der Waals surface area contributed by atoms with Crippen LogP contribution in [0.5, 0.6) is 0 Å². The third-order valence-electron chi connectivity index (χ3n) is 3.55. The first-order chi connectivity index (χ1) is 8.86. The Balaban J connectivity index is 2.41. The number of nitrogens with two attached hydrogens (primary N) is 1. The maximum atomic E-state index is 12.6. The summed E-state index contributed by atoms with van der Waals surface area (Å²) in [6.07, 6.45) is 2.23. The number of nitrogens with zero attached hydrogens (tertiary/aromatic N) is 1. The predicted octanol–water partition coefficient (Wildman–Crippen LogP) is 2.14. The zero-order valence-corrected chi connectivity index (χ0v) is 12.8. The Morgan fingerprint density at radius 3 is 2.58 bits per heavy atom. The van der Waals surface area contributed by atoms with Gasteiger partial charge in [0.2, 0.25) is 10.0 Å². The van der Waals surface area contributed by atoms with Crippen molar-refractivity contribution in [3.05, 3.63) is 28.3 Å². The molecule has 0 unspecified atom stereocenters. The van der Waals surface area contributed by atoms with E-state index in [2.05, 4.69) is 0 Å². The summed E-state index contributed by atoms with van der Waals surface area (Å²) in [5.41, 5.74) is 7.09. The molecule has 19 heavy (non-hydrogen) atoms. The highest BCUT2D eigenvalue weighted by atomic mass is 35.5. The van der Waals surface area contributed by atoms with Crippen molar-refractivity contribution < 1.29 is 8.42 Å². The highest BCUT2D eigenvalue weighted by molar-refractivity contribution is 7.89. The third-order valence-corrected chi connectivity index (χ3v) is 5.72. The summed E-state index contributed by atoms with van der Waals surface area (Å²) >= 11 is 5.99. The molecule has 1 aromatic carbocycles.